The number of amides is 1. The van der Waals surface area contributed by atoms with Gasteiger partial charge in [-0.15, -0.1) is 10.2 Å². The topological polar surface area (TPSA) is 58.1 Å². The number of benzene rings is 1. The summed E-state index contributed by atoms with van der Waals surface area (Å²) >= 11 is 5.73. The minimum atomic E-state index is -4.39. The Bertz CT molecular complexity index is 790. The van der Waals surface area contributed by atoms with Gasteiger partial charge in [0.15, 0.2) is 11.0 Å². The van der Waals surface area contributed by atoms with E-state index in [1.54, 1.807) is 18.2 Å². The van der Waals surface area contributed by atoms with Gasteiger partial charge in [0.2, 0.25) is 5.91 Å². The summed E-state index contributed by atoms with van der Waals surface area (Å²) in [6.07, 6.45) is -3.12. The van der Waals surface area contributed by atoms with Crippen LogP contribution < -0.4 is 10.2 Å². The van der Waals surface area contributed by atoms with Crippen molar-refractivity contribution in [1.82, 2.24) is 15.5 Å². The Kier molecular flexibility index (Phi) is 5.84. The van der Waals surface area contributed by atoms with Gasteiger partial charge in [0.25, 0.3) is 0 Å². The third-order valence-corrected chi connectivity index (χ3v) is 4.73. The fourth-order valence-electron chi connectivity index (χ4n) is 3.04. The van der Waals surface area contributed by atoms with Gasteiger partial charge in [-0.05, 0) is 42.7 Å². The summed E-state index contributed by atoms with van der Waals surface area (Å²) in [5, 5.41) is 10.9. The molecular formula is C18H18ClF3N4O. The molecule has 1 aliphatic rings. The highest BCUT2D eigenvalue weighted by Crippen LogP contribution is 2.29. The number of carbonyl (C=O) groups is 1. The van der Waals surface area contributed by atoms with Gasteiger partial charge in [0, 0.05) is 25.6 Å². The second-order valence-corrected chi connectivity index (χ2v) is 6.78. The van der Waals surface area contributed by atoms with E-state index in [-0.39, 0.29) is 18.4 Å². The first-order valence-corrected chi connectivity index (χ1v) is 8.89. The average molecular weight is 399 g/mol. The fraction of sp³-hybridized carbons (Fsp3) is 0.389. The van der Waals surface area contributed by atoms with Gasteiger partial charge >= 0.3 is 6.18 Å². The van der Waals surface area contributed by atoms with Crippen LogP contribution >= 0.6 is 11.6 Å². The maximum absolute atomic E-state index is 12.7. The Morgan fingerprint density at radius 3 is 2.56 bits per heavy atom. The summed E-state index contributed by atoms with van der Waals surface area (Å²) in [6.45, 7) is 1.38. The molecule has 0 spiro atoms. The number of rotatable bonds is 4. The van der Waals surface area contributed by atoms with Gasteiger partial charge in [-0.2, -0.15) is 13.2 Å². The first-order valence-electron chi connectivity index (χ1n) is 8.51. The number of hydrogen-bond donors (Lipinski definition) is 1. The normalized spacial score (nSPS) is 15.6. The van der Waals surface area contributed by atoms with Gasteiger partial charge < -0.3 is 10.2 Å². The van der Waals surface area contributed by atoms with Crippen LogP contribution in [0.3, 0.4) is 0 Å². The first-order chi connectivity index (χ1) is 12.8. The number of aromatic nitrogens is 2. The van der Waals surface area contributed by atoms with Crippen molar-refractivity contribution in [2.45, 2.75) is 25.6 Å². The van der Waals surface area contributed by atoms with E-state index in [9.17, 15) is 18.0 Å². The highest BCUT2D eigenvalue weighted by Gasteiger charge is 2.30. The molecule has 1 fully saturated rings. The second kappa shape index (κ2) is 8.12. The average Bonchev–Trinajstić information content (AvgIpc) is 2.66. The van der Waals surface area contributed by atoms with E-state index in [2.05, 4.69) is 15.5 Å². The summed E-state index contributed by atoms with van der Waals surface area (Å²) in [4.78, 5) is 14.4. The molecule has 1 aromatic heterocycles. The van der Waals surface area contributed by atoms with Gasteiger partial charge in [0.1, 0.15) is 0 Å². The van der Waals surface area contributed by atoms with Crippen LogP contribution in [-0.4, -0.2) is 29.2 Å². The van der Waals surface area contributed by atoms with Gasteiger partial charge in [-0.25, -0.2) is 0 Å². The van der Waals surface area contributed by atoms with E-state index in [1.165, 1.54) is 6.07 Å². The van der Waals surface area contributed by atoms with Crippen molar-refractivity contribution in [3.63, 3.8) is 0 Å². The van der Waals surface area contributed by atoms with Gasteiger partial charge in [-0.3, -0.25) is 4.79 Å². The van der Waals surface area contributed by atoms with Gasteiger partial charge in [0.05, 0.1) is 5.56 Å². The highest BCUT2D eigenvalue weighted by molar-refractivity contribution is 6.29. The quantitative estimate of drug-likeness (QED) is 0.853. The number of carbonyl (C=O) groups excluding carboxylic acids is 1. The number of piperidine rings is 1. The van der Waals surface area contributed by atoms with Crippen LogP contribution in [0.1, 0.15) is 24.0 Å². The molecule has 0 bridgehead atoms. The smallest absolute Gasteiger partial charge is 0.355 e. The van der Waals surface area contributed by atoms with Crippen molar-refractivity contribution in [2.75, 3.05) is 18.0 Å². The second-order valence-electron chi connectivity index (χ2n) is 6.39. The van der Waals surface area contributed by atoms with Crippen molar-refractivity contribution >= 4 is 23.3 Å². The maximum Gasteiger partial charge on any atom is 0.416 e. The zero-order valence-corrected chi connectivity index (χ0v) is 15.1. The molecule has 5 nitrogen and oxygen atoms in total. The molecule has 1 aliphatic heterocycles. The third kappa shape index (κ3) is 5.09. The molecule has 0 atom stereocenters. The molecule has 2 aromatic rings. The Morgan fingerprint density at radius 1 is 1.19 bits per heavy atom. The molecule has 27 heavy (non-hydrogen) atoms. The molecule has 1 N–H and O–H groups in total. The fourth-order valence-corrected chi connectivity index (χ4v) is 3.14. The minimum absolute atomic E-state index is 0.0750. The van der Waals surface area contributed by atoms with Crippen LogP contribution in [0, 0.1) is 5.92 Å². The van der Waals surface area contributed by atoms with Crippen molar-refractivity contribution in [1.29, 1.82) is 0 Å². The lowest BCUT2D eigenvalue weighted by atomic mass is 9.96. The lowest BCUT2D eigenvalue weighted by Crippen LogP contribution is -2.40. The van der Waals surface area contributed by atoms with Crippen LogP contribution in [0.4, 0.5) is 19.0 Å². The molecular weight excluding hydrogens is 381 g/mol. The molecule has 0 aliphatic carbocycles. The molecule has 144 valence electrons. The number of nitrogens with zero attached hydrogens (tertiary/aromatic N) is 3. The van der Waals surface area contributed by atoms with Crippen molar-refractivity contribution < 1.29 is 18.0 Å². The molecule has 1 saturated heterocycles. The predicted molar refractivity (Wildman–Crippen MR) is 95.3 cm³/mol. The van der Waals surface area contributed by atoms with Crippen LogP contribution in [0.5, 0.6) is 0 Å². The maximum atomic E-state index is 12.7. The lowest BCUT2D eigenvalue weighted by molar-refractivity contribution is -0.137. The van der Waals surface area contributed by atoms with E-state index in [0.29, 0.717) is 42.5 Å². The molecule has 9 heteroatoms. The summed E-state index contributed by atoms with van der Waals surface area (Å²) in [7, 11) is 0. The zero-order chi connectivity index (χ0) is 19.4. The lowest BCUT2D eigenvalue weighted by Gasteiger charge is -2.31. The molecule has 0 saturated carbocycles. The SMILES string of the molecule is O=C(NCc1cccc(C(F)(F)F)c1)C1CCN(c2ccc(Cl)nn2)CC1. The van der Waals surface area contributed by atoms with Crippen LogP contribution in [0.15, 0.2) is 36.4 Å². The van der Waals surface area contributed by atoms with Crippen LogP contribution in [0.25, 0.3) is 0 Å². The predicted octanol–water partition coefficient (Wildman–Crippen LogP) is 3.68. The molecule has 3 rings (SSSR count). The van der Waals surface area contributed by atoms with Crippen LogP contribution in [0.2, 0.25) is 5.15 Å². The monoisotopic (exact) mass is 398 g/mol. The number of halogens is 4. The Balaban J connectivity index is 1.51. The Morgan fingerprint density at radius 2 is 1.93 bits per heavy atom. The summed E-state index contributed by atoms with van der Waals surface area (Å²) in [5.41, 5.74) is -0.293. The standard InChI is InChI=1S/C18H18ClF3N4O/c19-15-4-5-16(25-24-15)26-8-6-13(7-9-26)17(27)23-11-12-2-1-3-14(10-12)18(20,21)22/h1-5,10,13H,6-9,11H2,(H,23,27). The van der Waals surface area contributed by atoms with Gasteiger partial charge in [-0.1, -0.05) is 23.7 Å². The number of hydrogen-bond acceptors (Lipinski definition) is 4. The largest absolute Gasteiger partial charge is 0.416 e. The van der Waals surface area contributed by atoms with E-state index < -0.39 is 11.7 Å². The zero-order valence-electron chi connectivity index (χ0n) is 14.3. The van der Waals surface area contributed by atoms with Crippen molar-refractivity contribution in [2.24, 2.45) is 5.92 Å². The van der Waals surface area contributed by atoms with E-state index in [4.69, 9.17) is 11.6 Å². The summed E-state index contributed by atoms with van der Waals surface area (Å²) in [5.74, 6) is 0.392. The molecule has 0 unspecified atom stereocenters. The van der Waals surface area contributed by atoms with Crippen molar-refractivity contribution in [3.05, 3.63) is 52.7 Å². The number of nitrogens with one attached hydrogen (secondary N) is 1. The van der Waals surface area contributed by atoms with E-state index >= 15 is 0 Å². The minimum Gasteiger partial charge on any atom is -0.355 e. The summed E-state index contributed by atoms with van der Waals surface area (Å²) in [6, 6.07) is 8.43. The van der Waals surface area contributed by atoms with Crippen molar-refractivity contribution in [3.8, 4) is 0 Å². The van der Waals surface area contributed by atoms with E-state index in [0.717, 1.165) is 12.1 Å². The Hall–Kier alpha value is -2.35. The number of anilines is 1. The highest BCUT2D eigenvalue weighted by atomic mass is 35.5. The third-order valence-electron chi connectivity index (χ3n) is 4.53. The molecule has 2 heterocycles. The summed E-state index contributed by atoms with van der Waals surface area (Å²) < 4.78 is 38.2. The Labute approximate surface area is 159 Å². The molecule has 1 aromatic carbocycles. The van der Waals surface area contributed by atoms with Crippen LogP contribution in [-0.2, 0) is 17.5 Å². The first kappa shape index (κ1) is 19.4. The molecule has 1 amide bonds. The molecule has 0 radical (unpaired) electrons. The van der Waals surface area contributed by atoms with E-state index in [1.807, 2.05) is 4.90 Å². The number of alkyl halides is 3.